The maximum Gasteiger partial charge on any atom is 0.280 e. The summed E-state index contributed by atoms with van der Waals surface area (Å²) in [5, 5.41) is 2.79. The number of ether oxygens (including phenoxy) is 2. The molecule has 0 aliphatic carbocycles. The van der Waals surface area contributed by atoms with Crippen molar-refractivity contribution in [3.05, 3.63) is 47.9 Å². The molecule has 1 fully saturated rings. The first-order valence-electron chi connectivity index (χ1n) is 8.39. The van der Waals surface area contributed by atoms with Gasteiger partial charge in [-0.1, -0.05) is 6.07 Å². The molecule has 2 atom stereocenters. The summed E-state index contributed by atoms with van der Waals surface area (Å²) >= 11 is 0. The molecule has 27 heavy (non-hydrogen) atoms. The SMILES string of the molecule is CN1C(C(=O)NCc2ccc3c(c2)OCO3)CC(c2ccco2)NS1(=O)=O. The van der Waals surface area contributed by atoms with Crippen LogP contribution in [0.5, 0.6) is 11.5 Å². The molecule has 1 aromatic carbocycles. The average molecular weight is 393 g/mol. The largest absolute Gasteiger partial charge is 0.468 e. The number of rotatable bonds is 4. The molecule has 1 saturated heterocycles. The zero-order chi connectivity index (χ0) is 19.0. The quantitative estimate of drug-likeness (QED) is 0.799. The standard InChI is InChI=1S/C17H19N3O6S/c1-20-13(8-12(19-27(20,22)23)14-3-2-6-24-14)17(21)18-9-11-4-5-15-16(7-11)26-10-25-15/h2-7,12-13,19H,8-10H2,1H3,(H,18,21). The van der Waals surface area contributed by atoms with Crippen LogP contribution in [0.1, 0.15) is 23.8 Å². The number of fused-ring (bicyclic) bond motifs is 1. The van der Waals surface area contributed by atoms with Crippen molar-refractivity contribution < 1.29 is 27.1 Å². The fourth-order valence-corrected chi connectivity index (χ4v) is 4.40. The molecule has 2 aliphatic rings. The smallest absolute Gasteiger partial charge is 0.280 e. The van der Waals surface area contributed by atoms with Gasteiger partial charge >= 0.3 is 0 Å². The zero-order valence-corrected chi connectivity index (χ0v) is 15.4. The molecule has 4 rings (SSSR count). The molecular weight excluding hydrogens is 374 g/mol. The van der Waals surface area contributed by atoms with E-state index in [4.69, 9.17) is 13.9 Å². The number of hydrogen-bond acceptors (Lipinski definition) is 6. The number of nitrogens with zero attached hydrogens (tertiary/aromatic N) is 1. The van der Waals surface area contributed by atoms with Gasteiger partial charge in [0.25, 0.3) is 10.2 Å². The zero-order valence-electron chi connectivity index (χ0n) is 14.5. The molecule has 9 nitrogen and oxygen atoms in total. The van der Waals surface area contributed by atoms with E-state index in [0.717, 1.165) is 9.87 Å². The van der Waals surface area contributed by atoms with Gasteiger partial charge in [0.2, 0.25) is 12.7 Å². The summed E-state index contributed by atoms with van der Waals surface area (Å²) in [4.78, 5) is 12.7. The lowest BCUT2D eigenvalue weighted by Gasteiger charge is -2.35. The van der Waals surface area contributed by atoms with Crippen molar-refractivity contribution in [2.24, 2.45) is 0 Å². The van der Waals surface area contributed by atoms with Crippen LogP contribution in [0.4, 0.5) is 0 Å². The summed E-state index contributed by atoms with van der Waals surface area (Å²) in [6.07, 6.45) is 1.73. The second-order valence-electron chi connectivity index (χ2n) is 6.36. The van der Waals surface area contributed by atoms with Gasteiger partial charge in [0.05, 0.1) is 12.3 Å². The lowest BCUT2D eigenvalue weighted by atomic mass is 10.0. The van der Waals surface area contributed by atoms with Crippen LogP contribution in [0, 0.1) is 0 Å². The van der Waals surface area contributed by atoms with Crippen molar-refractivity contribution in [1.29, 1.82) is 0 Å². The Hall–Kier alpha value is -2.56. The van der Waals surface area contributed by atoms with Crippen molar-refractivity contribution in [1.82, 2.24) is 14.3 Å². The number of furan rings is 1. The van der Waals surface area contributed by atoms with Crippen LogP contribution >= 0.6 is 0 Å². The Morgan fingerprint density at radius 2 is 2.11 bits per heavy atom. The van der Waals surface area contributed by atoms with Gasteiger partial charge in [-0.3, -0.25) is 4.79 Å². The van der Waals surface area contributed by atoms with Crippen molar-refractivity contribution in [2.75, 3.05) is 13.8 Å². The lowest BCUT2D eigenvalue weighted by molar-refractivity contribution is -0.125. The molecule has 1 aromatic heterocycles. The minimum absolute atomic E-state index is 0.178. The molecule has 2 aliphatic heterocycles. The van der Waals surface area contributed by atoms with Crippen LogP contribution in [-0.2, 0) is 21.5 Å². The minimum atomic E-state index is -3.80. The van der Waals surface area contributed by atoms with Crippen LogP contribution in [0.3, 0.4) is 0 Å². The normalized spacial score (nSPS) is 23.9. The topological polar surface area (TPSA) is 110 Å². The van der Waals surface area contributed by atoms with Crippen LogP contribution in [0.25, 0.3) is 0 Å². The molecule has 2 unspecified atom stereocenters. The van der Waals surface area contributed by atoms with Gasteiger partial charge in [-0.05, 0) is 36.2 Å². The Kier molecular flexibility index (Phi) is 4.54. The number of likely N-dealkylation sites (N-methyl/N-ethyl adjacent to an activating group) is 1. The second kappa shape index (κ2) is 6.87. The summed E-state index contributed by atoms with van der Waals surface area (Å²) in [5.74, 6) is 1.38. The molecule has 10 heteroatoms. The molecule has 0 radical (unpaired) electrons. The van der Waals surface area contributed by atoms with E-state index in [1.807, 2.05) is 6.07 Å². The van der Waals surface area contributed by atoms with Gasteiger partial charge in [0.1, 0.15) is 11.8 Å². The van der Waals surface area contributed by atoms with E-state index in [1.54, 1.807) is 24.3 Å². The average Bonchev–Trinajstić information content (AvgIpc) is 3.32. The highest BCUT2D eigenvalue weighted by Crippen LogP contribution is 2.32. The van der Waals surface area contributed by atoms with E-state index in [2.05, 4.69) is 10.0 Å². The van der Waals surface area contributed by atoms with Gasteiger partial charge in [0, 0.05) is 13.6 Å². The Balaban J connectivity index is 1.46. The number of nitrogens with one attached hydrogen (secondary N) is 2. The number of carbonyl (C=O) groups excluding carboxylic acids is 1. The first kappa shape index (κ1) is 17.8. The Bertz CT molecular complexity index is 944. The molecule has 0 bridgehead atoms. The monoisotopic (exact) mass is 393 g/mol. The number of amides is 1. The van der Waals surface area contributed by atoms with E-state index < -0.39 is 22.3 Å². The third-order valence-electron chi connectivity index (χ3n) is 4.66. The van der Waals surface area contributed by atoms with Crippen LogP contribution < -0.4 is 19.5 Å². The molecule has 1 amide bonds. The molecule has 0 saturated carbocycles. The lowest BCUT2D eigenvalue weighted by Crippen LogP contribution is -2.57. The van der Waals surface area contributed by atoms with Gasteiger partial charge in [-0.15, -0.1) is 0 Å². The number of carbonyl (C=O) groups is 1. The molecule has 3 heterocycles. The van der Waals surface area contributed by atoms with Crippen LogP contribution in [-0.4, -0.2) is 38.5 Å². The first-order chi connectivity index (χ1) is 12.9. The van der Waals surface area contributed by atoms with Crippen molar-refractivity contribution in [3.63, 3.8) is 0 Å². The van der Waals surface area contributed by atoms with Crippen molar-refractivity contribution >= 4 is 16.1 Å². The van der Waals surface area contributed by atoms with Crippen LogP contribution in [0.15, 0.2) is 41.0 Å². The molecule has 2 aromatic rings. The summed E-state index contributed by atoms with van der Waals surface area (Å²) in [6, 6.07) is 7.30. The summed E-state index contributed by atoms with van der Waals surface area (Å²) in [7, 11) is -2.42. The summed E-state index contributed by atoms with van der Waals surface area (Å²) < 4.78 is 44.2. The molecule has 144 valence electrons. The van der Waals surface area contributed by atoms with Crippen LogP contribution in [0.2, 0.25) is 0 Å². The third-order valence-corrected chi connectivity index (χ3v) is 6.26. The van der Waals surface area contributed by atoms with Crippen molar-refractivity contribution in [3.8, 4) is 11.5 Å². The number of benzene rings is 1. The molecular formula is C17H19N3O6S. The van der Waals surface area contributed by atoms with Crippen molar-refractivity contribution in [2.45, 2.75) is 25.0 Å². The van der Waals surface area contributed by atoms with E-state index in [1.165, 1.54) is 13.3 Å². The molecule has 2 N–H and O–H groups in total. The fourth-order valence-electron chi connectivity index (χ4n) is 3.14. The van der Waals surface area contributed by atoms with E-state index in [9.17, 15) is 13.2 Å². The van der Waals surface area contributed by atoms with E-state index in [0.29, 0.717) is 17.3 Å². The number of hydrogen-bond donors (Lipinski definition) is 2. The van der Waals surface area contributed by atoms with Gasteiger partial charge in [-0.25, -0.2) is 0 Å². The Morgan fingerprint density at radius 1 is 1.30 bits per heavy atom. The highest BCUT2D eigenvalue weighted by molar-refractivity contribution is 7.87. The highest BCUT2D eigenvalue weighted by atomic mass is 32.2. The minimum Gasteiger partial charge on any atom is -0.468 e. The predicted molar refractivity (Wildman–Crippen MR) is 94.1 cm³/mol. The van der Waals surface area contributed by atoms with Gasteiger partial charge in [0.15, 0.2) is 11.5 Å². The molecule has 0 spiro atoms. The Labute approximate surface area is 156 Å². The van der Waals surface area contributed by atoms with Gasteiger partial charge < -0.3 is 19.2 Å². The summed E-state index contributed by atoms with van der Waals surface area (Å²) in [5.41, 5.74) is 0.828. The maximum atomic E-state index is 12.7. The van der Waals surface area contributed by atoms with Gasteiger partial charge in [-0.2, -0.15) is 17.4 Å². The fraction of sp³-hybridized carbons (Fsp3) is 0.353. The predicted octanol–water partition coefficient (Wildman–Crippen LogP) is 0.904. The second-order valence-corrected chi connectivity index (χ2v) is 8.13. The third kappa shape index (κ3) is 3.51. The first-order valence-corrected chi connectivity index (χ1v) is 9.83. The maximum absolute atomic E-state index is 12.7. The van der Waals surface area contributed by atoms with E-state index in [-0.39, 0.29) is 25.7 Å². The summed E-state index contributed by atoms with van der Waals surface area (Å²) in [6.45, 7) is 0.426. The highest BCUT2D eigenvalue weighted by Gasteiger charge is 2.41. The Morgan fingerprint density at radius 3 is 2.89 bits per heavy atom. The van der Waals surface area contributed by atoms with E-state index >= 15 is 0 Å².